The summed E-state index contributed by atoms with van der Waals surface area (Å²) >= 11 is 0. The van der Waals surface area contributed by atoms with Gasteiger partial charge in [-0.2, -0.15) is 0 Å². The summed E-state index contributed by atoms with van der Waals surface area (Å²) in [5, 5.41) is 3.40. The summed E-state index contributed by atoms with van der Waals surface area (Å²) in [6, 6.07) is 5.30. The molecule has 0 spiro atoms. The number of nitrogens with one attached hydrogen (secondary N) is 1. The molecule has 3 N–H and O–H groups in total. The van der Waals surface area contributed by atoms with Crippen LogP contribution in [0, 0.1) is 5.82 Å². The molecule has 1 aromatic carbocycles. The number of benzene rings is 1. The molecule has 0 aliphatic rings. The third kappa shape index (κ3) is 3.20. The van der Waals surface area contributed by atoms with Crippen LogP contribution in [0.3, 0.4) is 0 Å². The number of amides is 2. The van der Waals surface area contributed by atoms with Gasteiger partial charge in [-0.3, -0.25) is 0 Å². The van der Waals surface area contributed by atoms with Crippen molar-refractivity contribution in [3.8, 4) is 0 Å². The number of nitrogens with two attached hydrogens (primary N) is 1. The van der Waals surface area contributed by atoms with E-state index in [0.717, 1.165) is 5.01 Å². The van der Waals surface area contributed by atoms with Gasteiger partial charge in [0.2, 0.25) is 0 Å². The van der Waals surface area contributed by atoms with Crippen LogP contribution in [0.15, 0.2) is 24.3 Å². The van der Waals surface area contributed by atoms with Crippen LogP contribution >= 0.6 is 0 Å². The van der Waals surface area contributed by atoms with Crippen LogP contribution in [-0.4, -0.2) is 11.6 Å². The van der Waals surface area contributed by atoms with E-state index in [9.17, 15) is 9.18 Å². The number of hydrazine groups is 1. The van der Waals surface area contributed by atoms with E-state index in [4.69, 9.17) is 5.84 Å². The van der Waals surface area contributed by atoms with Crippen LogP contribution in [0.5, 0.6) is 0 Å². The summed E-state index contributed by atoms with van der Waals surface area (Å²) in [5.41, 5.74) is -0.371. The van der Waals surface area contributed by atoms with Crippen LogP contribution in [0.1, 0.15) is 20.8 Å². The minimum absolute atomic E-state index is 0.0456. The number of hydrogen-bond acceptors (Lipinski definition) is 2. The number of rotatable bonds is 1. The zero-order valence-electron chi connectivity index (χ0n) is 9.62. The van der Waals surface area contributed by atoms with Gasteiger partial charge in [-0.05, 0) is 32.9 Å². The van der Waals surface area contributed by atoms with E-state index in [2.05, 4.69) is 5.32 Å². The maximum atomic E-state index is 13.3. The summed E-state index contributed by atoms with van der Waals surface area (Å²) in [5.74, 6) is 4.99. The molecule has 0 bridgehead atoms. The number of urea groups is 1. The van der Waals surface area contributed by atoms with Gasteiger partial charge in [-0.25, -0.2) is 20.0 Å². The first-order valence-corrected chi connectivity index (χ1v) is 4.93. The lowest BCUT2D eigenvalue weighted by molar-refractivity contribution is 0.237. The predicted octanol–water partition coefficient (Wildman–Crippen LogP) is 2.01. The summed E-state index contributed by atoms with van der Waals surface area (Å²) in [6.07, 6.45) is 0. The largest absolute Gasteiger partial charge is 0.336 e. The van der Waals surface area contributed by atoms with Crippen molar-refractivity contribution in [1.29, 1.82) is 0 Å². The highest BCUT2D eigenvalue weighted by Crippen LogP contribution is 2.16. The minimum Gasteiger partial charge on any atom is -0.332 e. The highest BCUT2D eigenvalue weighted by Gasteiger charge is 2.20. The second-order valence-corrected chi connectivity index (χ2v) is 4.50. The van der Waals surface area contributed by atoms with Crippen molar-refractivity contribution in [3.05, 3.63) is 30.1 Å². The summed E-state index contributed by atoms with van der Waals surface area (Å²) < 4.78 is 13.3. The molecule has 4 nitrogen and oxygen atoms in total. The number of carbonyl (C=O) groups excluding carboxylic acids is 1. The lowest BCUT2D eigenvalue weighted by atomic mass is 10.1. The Morgan fingerprint density at radius 1 is 1.38 bits per heavy atom. The first-order valence-electron chi connectivity index (χ1n) is 4.93. The highest BCUT2D eigenvalue weighted by atomic mass is 19.1. The third-order valence-corrected chi connectivity index (χ3v) is 1.81. The molecule has 16 heavy (non-hydrogen) atoms. The zero-order valence-corrected chi connectivity index (χ0v) is 9.62. The van der Waals surface area contributed by atoms with Crippen molar-refractivity contribution >= 4 is 11.7 Å². The van der Waals surface area contributed by atoms with E-state index in [1.165, 1.54) is 18.2 Å². The van der Waals surface area contributed by atoms with Crippen LogP contribution in [0.4, 0.5) is 14.9 Å². The van der Waals surface area contributed by atoms with Gasteiger partial charge >= 0.3 is 6.03 Å². The summed E-state index contributed by atoms with van der Waals surface area (Å²) in [6.45, 7) is 5.46. The molecule has 0 heterocycles. The molecule has 0 saturated carbocycles. The lowest BCUT2D eigenvalue weighted by Crippen LogP contribution is -2.51. The van der Waals surface area contributed by atoms with Gasteiger partial charge in [-0.1, -0.05) is 12.1 Å². The third-order valence-electron chi connectivity index (χ3n) is 1.81. The van der Waals surface area contributed by atoms with Crippen molar-refractivity contribution in [3.63, 3.8) is 0 Å². The smallest absolute Gasteiger partial charge is 0.332 e. The summed E-state index contributed by atoms with van der Waals surface area (Å²) in [4.78, 5) is 11.6. The first-order chi connectivity index (χ1) is 7.31. The Kier molecular flexibility index (Phi) is 3.49. The molecule has 0 atom stereocenters. The number of carbonyl (C=O) groups is 1. The Hall–Kier alpha value is -1.62. The predicted molar refractivity (Wildman–Crippen MR) is 61.4 cm³/mol. The number of nitrogens with zero attached hydrogens (tertiary/aromatic N) is 1. The minimum atomic E-state index is -0.544. The van der Waals surface area contributed by atoms with Gasteiger partial charge in [0, 0.05) is 5.54 Å². The van der Waals surface area contributed by atoms with Crippen molar-refractivity contribution in [2.75, 3.05) is 5.01 Å². The number of halogens is 1. The Morgan fingerprint density at radius 2 is 1.94 bits per heavy atom. The van der Waals surface area contributed by atoms with E-state index >= 15 is 0 Å². The van der Waals surface area contributed by atoms with E-state index in [0.29, 0.717) is 0 Å². The normalized spacial score (nSPS) is 11.1. The molecule has 0 unspecified atom stereocenters. The standard InChI is InChI=1S/C11H16FN3O/c1-11(2,3)14-10(16)15(13)9-7-5-4-6-8(9)12/h4-7H,13H2,1-3H3,(H,14,16). The molecule has 0 fully saturated rings. The van der Waals surface area contributed by atoms with Crippen molar-refractivity contribution in [2.24, 2.45) is 5.84 Å². The van der Waals surface area contributed by atoms with E-state index in [1.807, 2.05) is 20.8 Å². The second kappa shape index (κ2) is 4.49. The van der Waals surface area contributed by atoms with Crippen molar-refractivity contribution in [1.82, 2.24) is 5.32 Å². The SMILES string of the molecule is CC(C)(C)NC(=O)N(N)c1ccccc1F. The molecule has 1 rings (SSSR count). The number of anilines is 1. The highest BCUT2D eigenvalue weighted by molar-refractivity contribution is 5.91. The van der Waals surface area contributed by atoms with E-state index < -0.39 is 17.4 Å². The van der Waals surface area contributed by atoms with Gasteiger partial charge in [-0.15, -0.1) is 0 Å². The molecule has 88 valence electrons. The molecular formula is C11H16FN3O. The quantitative estimate of drug-likeness (QED) is 0.436. The second-order valence-electron chi connectivity index (χ2n) is 4.50. The fraction of sp³-hybridized carbons (Fsp3) is 0.364. The van der Waals surface area contributed by atoms with Crippen LogP contribution < -0.4 is 16.2 Å². The monoisotopic (exact) mass is 225 g/mol. The van der Waals surface area contributed by atoms with Crippen LogP contribution in [0.25, 0.3) is 0 Å². The van der Waals surface area contributed by atoms with Crippen molar-refractivity contribution in [2.45, 2.75) is 26.3 Å². The molecular weight excluding hydrogens is 209 g/mol. The molecule has 0 aliphatic carbocycles. The number of hydrogen-bond donors (Lipinski definition) is 2. The van der Waals surface area contributed by atoms with Gasteiger partial charge in [0.25, 0.3) is 0 Å². The number of para-hydroxylation sites is 1. The molecule has 0 aliphatic heterocycles. The maximum Gasteiger partial charge on any atom is 0.336 e. The van der Waals surface area contributed by atoms with Gasteiger partial charge in [0.1, 0.15) is 5.82 Å². The fourth-order valence-electron chi connectivity index (χ4n) is 1.14. The molecule has 1 aromatic rings. The Bertz CT molecular complexity index is 387. The zero-order chi connectivity index (χ0) is 12.3. The van der Waals surface area contributed by atoms with Gasteiger partial charge in [0.15, 0.2) is 0 Å². The first kappa shape index (κ1) is 12.4. The van der Waals surface area contributed by atoms with E-state index in [1.54, 1.807) is 6.07 Å². The Balaban J connectivity index is 2.83. The van der Waals surface area contributed by atoms with Crippen molar-refractivity contribution < 1.29 is 9.18 Å². The molecule has 5 heteroatoms. The molecule has 2 amide bonds. The van der Waals surface area contributed by atoms with Crippen LogP contribution in [-0.2, 0) is 0 Å². The fourth-order valence-corrected chi connectivity index (χ4v) is 1.14. The topological polar surface area (TPSA) is 58.4 Å². The maximum absolute atomic E-state index is 13.3. The average molecular weight is 225 g/mol. The molecule has 0 saturated heterocycles. The lowest BCUT2D eigenvalue weighted by Gasteiger charge is -2.25. The van der Waals surface area contributed by atoms with Gasteiger partial charge < -0.3 is 5.32 Å². The average Bonchev–Trinajstić information content (AvgIpc) is 2.15. The summed E-state index contributed by atoms with van der Waals surface area (Å²) in [7, 11) is 0. The molecule has 0 radical (unpaired) electrons. The van der Waals surface area contributed by atoms with E-state index in [-0.39, 0.29) is 5.69 Å². The molecule has 0 aromatic heterocycles. The Morgan fingerprint density at radius 3 is 2.44 bits per heavy atom. The van der Waals surface area contributed by atoms with Gasteiger partial charge in [0.05, 0.1) is 5.69 Å². The van der Waals surface area contributed by atoms with Crippen LogP contribution in [0.2, 0.25) is 0 Å². The Labute approximate surface area is 94.2 Å².